The summed E-state index contributed by atoms with van der Waals surface area (Å²) in [4.78, 5) is 26.3. The van der Waals surface area contributed by atoms with Crippen LogP contribution in [0.5, 0.6) is 0 Å². The van der Waals surface area contributed by atoms with Crippen molar-refractivity contribution in [3.63, 3.8) is 0 Å². The standard InChI is InChI=1S/C20H22Cl2N2O2/c1-12(2)16-7-5-6-13(3)20(16)24(14(4)25)11-19(26)23-18-10-15(21)8-9-17(18)22/h5-10,12H,11H2,1-4H3,(H,23,26). The van der Waals surface area contributed by atoms with Crippen LogP contribution in [0.2, 0.25) is 10.0 Å². The average molecular weight is 393 g/mol. The number of benzene rings is 2. The fourth-order valence-corrected chi connectivity index (χ4v) is 3.13. The molecular formula is C20H22Cl2N2O2. The number of halogens is 2. The number of nitrogens with zero attached hydrogens (tertiary/aromatic N) is 1. The van der Waals surface area contributed by atoms with Crippen molar-refractivity contribution < 1.29 is 9.59 Å². The second kappa shape index (κ2) is 8.56. The predicted octanol–water partition coefficient (Wildman–Crippen LogP) is 5.42. The second-order valence-corrected chi connectivity index (χ2v) is 7.29. The van der Waals surface area contributed by atoms with E-state index in [-0.39, 0.29) is 24.3 Å². The highest BCUT2D eigenvalue weighted by molar-refractivity contribution is 6.35. The van der Waals surface area contributed by atoms with Crippen LogP contribution in [-0.4, -0.2) is 18.4 Å². The number of amides is 2. The maximum absolute atomic E-state index is 12.5. The van der Waals surface area contributed by atoms with Gasteiger partial charge < -0.3 is 10.2 Å². The fourth-order valence-electron chi connectivity index (χ4n) is 2.79. The zero-order valence-corrected chi connectivity index (χ0v) is 16.8. The number of para-hydroxylation sites is 1. The molecule has 6 heteroatoms. The first-order valence-electron chi connectivity index (χ1n) is 8.33. The molecule has 0 fully saturated rings. The van der Waals surface area contributed by atoms with Gasteiger partial charge in [0.2, 0.25) is 11.8 Å². The van der Waals surface area contributed by atoms with Gasteiger partial charge in [-0.2, -0.15) is 0 Å². The Hall–Kier alpha value is -2.04. The van der Waals surface area contributed by atoms with E-state index in [0.717, 1.165) is 16.8 Å². The molecule has 0 radical (unpaired) electrons. The van der Waals surface area contributed by atoms with Gasteiger partial charge in [0.05, 0.1) is 16.4 Å². The van der Waals surface area contributed by atoms with Gasteiger partial charge in [0, 0.05) is 11.9 Å². The minimum atomic E-state index is -0.345. The zero-order chi connectivity index (χ0) is 19.4. The molecule has 0 aliphatic heterocycles. The summed E-state index contributed by atoms with van der Waals surface area (Å²) in [5.41, 5.74) is 3.16. The molecular weight excluding hydrogens is 371 g/mol. The highest BCUT2D eigenvalue weighted by atomic mass is 35.5. The van der Waals surface area contributed by atoms with Crippen LogP contribution in [0, 0.1) is 6.92 Å². The highest BCUT2D eigenvalue weighted by Gasteiger charge is 2.22. The van der Waals surface area contributed by atoms with Crippen LogP contribution in [0.4, 0.5) is 11.4 Å². The second-order valence-electron chi connectivity index (χ2n) is 6.44. The van der Waals surface area contributed by atoms with Crippen LogP contribution in [-0.2, 0) is 9.59 Å². The summed E-state index contributed by atoms with van der Waals surface area (Å²) in [6, 6.07) is 10.7. The average Bonchev–Trinajstić information content (AvgIpc) is 2.56. The molecule has 2 aromatic rings. The molecule has 0 aliphatic rings. The molecule has 0 heterocycles. The molecule has 138 valence electrons. The number of hydrogen-bond acceptors (Lipinski definition) is 2. The third-order valence-electron chi connectivity index (χ3n) is 4.05. The van der Waals surface area contributed by atoms with Crippen molar-refractivity contribution in [1.82, 2.24) is 0 Å². The highest BCUT2D eigenvalue weighted by Crippen LogP contribution is 2.31. The van der Waals surface area contributed by atoms with Crippen LogP contribution in [0.3, 0.4) is 0 Å². The number of aryl methyl sites for hydroxylation is 1. The van der Waals surface area contributed by atoms with Gasteiger partial charge in [0.25, 0.3) is 0 Å². The largest absolute Gasteiger partial charge is 0.323 e. The molecule has 0 saturated heterocycles. The van der Waals surface area contributed by atoms with E-state index in [1.54, 1.807) is 18.2 Å². The van der Waals surface area contributed by atoms with Gasteiger partial charge in [0.1, 0.15) is 6.54 Å². The normalized spacial score (nSPS) is 10.7. The maximum Gasteiger partial charge on any atom is 0.244 e. The fraction of sp³-hybridized carbons (Fsp3) is 0.300. The van der Waals surface area contributed by atoms with Crippen molar-refractivity contribution in [2.75, 3.05) is 16.8 Å². The van der Waals surface area contributed by atoms with Gasteiger partial charge in [0.15, 0.2) is 0 Å². The monoisotopic (exact) mass is 392 g/mol. The van der Waals surface area contributed by atoms with Crippen LogP contribution < -0.4 is 10.2 Å². The zero-order valence-electron chi connectivity index (χ0n) is 15.3. The molecule has 0 bridgehead atoms. The summed E-state index contributed by atoms with van der Waals surface area (Å²) >= 11 is 12.0. The number of carbonyl (C=O) groups excluding carboxylic acids is 2. The van der Waals surface area contributed by atoms with Gasteiger partial charge in [-0.05, 0) is 42.2 Å². The summed E-state index contributed by atoms with van der Waals surface area (Å²) in [6.45, 7) is 7.40. The van der Waals surface area contributed by atoms with Crippen LogP contribution in [0.15, 0.2) is 36.4 Å². The van der Waals surface area contributed by atoms with Crippen molar-refractivity contribution in [3.05, 3.63) is 57.6 Å². The molecule has 0 unspecified atom stereocenters. The molecule has 0 atom stereocenters. The van der Waals surface area contributed by atoms with E-state index in [1.165, 1.54) is 11.8 Å². The molecule has 2 rings (SSSR count). The minimum Gasteiger partial charge on any atom is -0.323 e. The van der Waals surface area contributed by atoms with Crippen molar-refractivity contribution in [1.29, 1.82) is 0 Å². The molecule has 0 spiro atoms. The lowest BCUT2D eigenvalue weighted by Crippen LogP contribution is -2.37. The Bertz CT molecular complexity index is 835. The SMILES string of the molecule is CC(=O)N(CC(=O)Nc1cc(Cl)ccc1Cl)c1c(C)cccc1C(C)C. The van der Waals surface area contributed by atoms with Gasteiger partial charge >= 0.3 is 0 Å². The maximum atomic E-state index is 12.5. The number of hydrogen-bond donors (Lipinski definition) is 1. The third kappa shape index (κ3) is 4.77. The molecule has 0 aliphatic carbocycles. The first-order chi connectivity index (χ1) is 12.2. The third-order valence-corrected chi connectivity index (χ3v) is 4.61. The van der Waals surface area contributed by atoms with Gasteiger partial charge in [-0.3, -0.25) is 9.59 Å². The minimum absolute atomic E-state index is 0.108. The lowest BCUT2D eigenvalue weighted by molar-refractivity contribution is -0.120. The molecule has 0 saturated carbocycles. The topological polar surface area (TPSA) is 49.4 Å². The van der Waals surface area contributed by atoms with E-state index in [2.05, 4.69) is 19.2 Å². The van der Waals surface area contributed by atoms with E-state index in [1.807, 2.05) is 25.1 Å². The Morgan fingerprint density at radius 2 is 1.85 bits per heavy atom. The lowest BCUT2D eigenvalue weighted by atomic mass is 9.97. The number of carbonyl (C=O) groups is 2. The summed E-state index contributed by atoms with van der Waals surface area (Å²) in [5.74, 6) is -0.326. The molecule has 0 aromatic heterocycles. The summed E-state index contributed by atoms with van der Waals surface area (Å²) < 4.78 is 0. The summed E-state index contributed by atoms with van der Waals surface area (Å²) in [5, 5.41) is 3.58. The Kier molecular flexibility index (Phi) is 6.68. The van der Waals surface area contributed by atoms with E-state index >= 15 is 0 Å². The van der Waals surface area contributed by atoms with Crippen LogP contribution in [0.1, 0.15) is 37.8 Å². The number of anilines is 2. The smallest absolute Gasteiger partial charge is 0.244 e. The van der Waals surface area contributed by atoms with Crippen molar-refractivity contribution in [2.24, 2.45) is 0 Å². The number of nitrogens with one attached hydrogen (secondary N) is 1. The Labute approximate surface area is 164 Å². The van der Waals surface area contributed by atoms with Crippen molar-refractivity contribution >= 4 is 46.4 Å². The molecule has 2 amide bonds. The molecule has 1 N–H and O–H groups in total. The summed E-state index contributed by atoms with van der Waals surface area (Å²) in [6.07, 6.45) is 0. The predicted molar refractivity (Wildman–Crippen MR) is 108 cm³/mol. The first kappa shape index (κ1) is 20.3. The van der Waals surface area contributed by atoms with E-state index in [9.17, 15) is 9.59 Å². The molecule has 4 nitrogen and oxygen atoms in total. The molecule has 2 aromatic carbocycles. The Balaban J connectivity index is 2.31. The van der Waals surface area contributed by atoms with Crippen LogP contribution in [0.25, 0.3) is 0 Å². The quantitative estimate of drug-likeness (QED) is 0.738. The van der Waals surface area contributed by atoms with E-state index < -0.39 is 0 Å². The van der Waals surface area contributed by atoms with E-state index in [4.69, 9.17) is 23.2 Å². The Morgan fingerprint density at radius 1 is 1.15 bits per heavy atom. The van der Waals surface area contributed by atoms with Crippen LogP contribution >= 0.6 is 23.2 Å². The first-order valence-corrected chi connectivity index (χ1v) is 9.08. The van der Waals surface area contributed by atoms with Gasteiger partial charge in [-0.25, -0.2) is 0 Å². The van der Waals surface area contributed by atoms with Gasteiger partial charge in [-0.1, -0.05) is 55.2 Å². The van der Waals surface area contributed by atoms with Gasteiger partial charge in [-0.15, -0.1) is 0 Å². The summed E-state index contributed by atoms with van der Waals surface area (Å²) in [7, 11) is 0. The Morgan fingerprint density at radius 3 is 2.46 bits per heavy atom. The van der Waals surface area contributed by atoms with Crippen molar-refractivity contribution in [2.45, 2.75) is 33.6 Å². The van der Waals surface area contributed by atoms with Crippen molar-refractivity contribution in [3.8, 4) is 0 Å². The lowest BCUT2D eigenvalue weighted by Gasteiger charge is -2.27. The van der Waals surface area contributed by atoms with E-state index in [0.29, 0.717) is 15.7 Å². The molecule has 26 heavy (non-hydrogen) atoms. The number of rotatable bonds is 5.